The number of benzene rings is 1. The lowest BCUT2D eigenvalue weighted by Gasteiger charge is -2.22. The van der Waals surface area contributed by atoms with Crippen LogP contribution < -0.4 is 21.6 Å². The minimum Gasteiger partial charge on any atom is -0.382 e. The highest BCUT2D eigenvalue weighted by atomic mass is 19.1. The van der Waals surface area contributed by atoms with Gasteiger partial charge in [0.15, 0.2) is 11.5 Å². The van der Waals surface area contributed by atoms with E-state index in [0.29, 0.717) is 52.0 Å². The molecule has 3 amide bonds. The number of para-hydroxylation sites is 1. The van der Waals surface area contributed by atoms with Crippen LogP contribution in [0.4, 0.5) is 10.1 Å². The summed E-state index contributed by atoms with van der Waals surface area (Å²) in [5.41, 5.74) is 3.59. The number of nitrogens with one attached hydrogen (secondary N) is 3. The van der Waals surface area contributed by atoms with Crippen molar-refractivity contribution in [3.63, 3.8) is 0 Å². The normalized spacial score (nSPS) is 16.6. The highest BCUT2D eigenvalue weighted by molar-refractivity contribution is 6.00. The molecule has 1 saturated carbocycles. The number of nitriles is 1. The van der Waals surface area contributed by atoms with Crippen LogP contribution in [-0.2, 0) is 27.8 Å². The summed E-state index contributed by atoms with van der Waals surface area (Å²) in [7, 11) is 1.65. The summed E-state index contributed by atoms with van der Waals surface area (Å²) < 4.78 is 24.9. The standard InChI is InChI=1S/C35H35FN10O5/c1-44-31-21(4-2-6-27(31)45(35(44)50)28-9-10-30(47)43-34(28)49)5-3-11-51-19-23(36)17-40-33(48)25-18-38-29(13-26(25)42-24-7-8-24)46-32-22(16-41-46)12-20(14-37)15-39-32/h2,4,6,12-13,15-16,18,23-24,28H,3,5,7-11,17,19H2,1H3,(H,38,42)(H,40,48)(H,43,47,49). The molecule has 1 aliphatic heterocycles. The van der Waals surface area contributed by atoms with Gasteiger partial charge in [0, 0.05) is 50.0 Å². The van der Waals surface area contributed by atoms with Gasteiger partial charge in [-0.05, 0) is 49.8 Å². The van der Waals surface area contributed by atoms with E-state index in [-0.39, 0.29) is 55.8 Å². The molecule has 15 nitrogen and oxygen atoms in total. The summed E-state index contributed by atoms with van der Waals surface area (Å²) >= 11 is 0. The number of aromatic nitrogens is 6. The summed E-state index contributed by atoms with van der Waals surface area (Å²) in [5, 5.41) is 22.5. The molecule has 0 bridgehead atoms. The van der Waals surface area contributed by atoms with Crippen LogP contribution in [-0.4, -0.2) is 78.6 Å². The summed E-state index contributed by atoms with van der Waals surface area (Å²) in [6.07, 6.45) is 6.46. The second kappa shape index (κ2) is 14.1. The summed E-state index contributed by atoms with van der Waals surface area (Å²) in [6.45, 7) is -0.220. The number of amides is 3. The third kappa shape index (κ3) is 6.93. The van der Waals surface area contributed by atoms with Gasteiger partial charge in [-0.25, -0.2) is 19.2 Å². The molecule has 5 aromatic rings. The zero-order valence-electron chi connectivity index (χ0n) is 27.8. The van der Waals surface area contributed by atoms with Crippen molar-refractivity contribution in [3.05, 3.63) is 76.1 Å². The fourth-order valence-corrected chi connectivity index (χ4v) is 6.34. The Kier molecular flexibility index (Phi) is 9.28. The molecule has 1 saturated heterocycles. The SMILES string of the molecule is Cn1c(=O)n(C2CCC(=O)NC2=O)c2cccc(CCCOCC(F)CNC(=O)c3cnc(-n4ncc5cc(C#N)cnc54)cc3NC3CC3)c21. The van der Waals surface area contributed by atoms with Gasteiger partial charge in [-0.1, -0.05) is 12.1 Å². The Bertz CT molecular complexity index is 2270. The molecular weight excluding hydrogens is 659 g/mol. The maximum Gasteiger partial charge on any atom is 0.329 e. The van der Waals surface area contributed by atoms with E-state index in [9.17, 15) is 23.6 Å². The van der Waals surface area contributed by atoms with Gasteiger partial charge in [0.05, 0.1) is 47.2 Å². The molecule has 0 radical (unpaired) electrons. The number of fused-ring (bicyclic) bond motifs is 2. The number of ether oxygens (including phenoxy) is 1. The van der Waals surface area contributed by atoms with Gasteiger partial charge in [-0.2, -0.15) is 15.0 Å². The Labute approximate surface area is 290 Å². The lowest BCUT2D eigenvalue weighted by molar-refractivity contribution is -0.135. The average Bonchev–Trinajstić information content (AvgIpc) is 3.79. The van der Waals surface area contributed by atoms with Crippen LogP contribution in [0.2, 0.25) is 0 Å². The van der Waals surface area contributed by atoms with Crippen LogP contribution >= 0.6 is 0 Å². The fourth-order valence-electron chi connectivity index (χ4n) is 6.34. The number of carbonyl (C=O) groups is 3. The number of imide groups is 1. The zero-order chi connectivity index (χ0) is 35.6. The number of piperidine rings is 1. The molecule has 2 aliphatic rings. The average molecular weight is 695 g/mol. The molecule has 51 heavy (non-hydrogen) atoms. The lowest BCUT2D eigenvalue weighted by atomic mass is 10.0. The molecule has 2 fully saturated rings. The van der Waals surface area contributed by atoms with Crippen molar-refractivity contribution in [2.45, 2.75) is 56.8 Å². The lowest BCUT2D eigenvalue weighted by Crippen LogP contribution is -2.44. The molecule has 2 unspecified atom stereocenters. The number of hydrogen-bond donors (Lipinski definition) is 3. The van der Waals surface area contributed by atoms with E-state index in [0.717, 1.165) is 18.4 Å². The minimum atomic E-state index is -1.45. The van der Waals surface area contributed by atoms with Gasteiger partial charge in [0.25, 0.3) is 5.91 Å². The Morgan fingerprint density at radius 2 is 2.00 bits per heavy atom. The number of anilines is 1. The number of pyridine rings is 2. The number of rotatable bonds is 13. The van der Waals surface area contributed by atoms with Crippen molar-refractivity contribution in [2.75, 3.05) is 25.1 Å². The third-order valence-corrected chi connectivity index (χ3v) is 9.05. The number of carbonyl (C=O) groups excluding carboxylic acids is 3. The van der Waals surface area contributed by atoms with E-state index < -0.39 is 24.0 Å². The number of alkyl halides is 1. The van der Waals surface area contributed by atoms with Crippen LogP contribution in [0.15, 0.2) is 53.7 Å². The van der Waals surface area contributed by atoms with Crippen LogP contribution in [0.3, 0.4) is 0 Å². The monoisotopic (exact) mass is 694 g/mol. The highest BCUT2D eigenvalue weighted by Gasteiger charge is 2.31. The number of nitrogens with zero attached hydrogens (tertiary/aromatic N) is 7. The molecule has 1 aliphatic carbocycles. The van der Waals surface area contributed by atoms with Crippen LogP contribution in [0, 0.1) is 11.3 Å². The molecule has 1 aromatic carbocycles. The first-order valence-corrected chi connectivity index (χ1v) is 16.7. The molecule has 3 N–H and O–H groups in total. The number of aryl methyl sites for hydroxylation is 2. The Morgan fingerprint density at radius 3 is 2.78 bits per heavy atom. The predicted octanol–water partition coefficient (Wildman–Crippen LogP) is 2.61. The highest BCUT2D eigenvalue weighted by Crippen LogP contribution is 2.29. The van der Waals surface area contributed by atoms with Crippen LogP contribution in [0.5, 0.6) is 0 Å². The van der Waals surface area contributed by atoms with Gasteiger partial charge >= 0.3 is 5.69 Å². The van der Waals surface area contributed by atoms with Crippen molar-refractivity contribution in [1.29, 1.82) is 5.26 Å². The first kappa shape index (κ1) is 33.5. The van der Waals surface area contributed by atoms with E-state index in [1.165, 1.54) is 26.2 Å². The molecule has 0 spiro atoms. The molecule has 2 atom stereocenters. The summed E-state index contributed by atoms with van der Waals surface area (Å²) in [4.78, 5) is 59.2. The molecule has 7 rings (SSSR count). The van der Waals surface area contributed by atoms with Crippen molar-refractivity contribution in [3.8, 4) is 11.9 Å². The van der Waals surface area contributed by atoms with Gasteiger partial charge in [0.2, 0.25) is 11.8 Å². The van der Waals surface area contributed by atoms with Crippen molar-refractivity contribution >= 4 is 45.5 Å². The third-order valence-electron chi connectivity index (χ3n) is 9.05. The molecular formula is C35H35FN10O5. The number of imidazole rings is 1. The van der Waals surface area contributed by atoms with Crippen LogP contribution in [0.25, 0.3) is 27.9 Å². The molecule has 262 valence electrons. The maximum absolute atomic E-state index is 14.8. The Balaban J connectivity index is 0.930. The quantitative estimate of drug-likeness (QED) is 0.122. The molecule has 4 aromatic heterocycles. The zero-order valence-corrected chi connectivity index (χ0v) is 27.8. The van der Waals surface area contributed by atoms with Gasteiger partial charge < -0.3 is 15.4 Å². The first-order valence-electron chi connectivity index (χ1n) is 16.7. The Hall–Kier alpha value is -5.95. The largest absolute Gasteiger partial charge is 0.382 e. The second-order valence-corrected chi connectivity index (χ2v) is 12.8. The Morgan fingerprint density at radius 1 is 1.16 bits per heavy atom. The van der Waals surface area contributed by atoms with Gasteiger partial charge in [-0.15, -0.1) is 0 Å². The van der Waals surface area contributed by atoms with Crippen molar-refractivity contribution < 1.29 is 23.5 Å². The summed E-state index contributed by atoms with van der Waals surface area (Å²) in [5.74, 6) is -0.887. The fraction of sp³-hybridized carbons (Fsp3) is 0.371. The summed E-state index contributed by atoms with van der Waals surface area (Å²) in [6, 6.07) is 10.4. The first-order chi connectivity index (χ1) is 24.7. The topological polar surface area (TPSA) is 191 Å². The maximum atomic E-state index is 14.8. The van der Waals surface area contributed by atoms with E-state index >= 15 is 0 Å². The smallest absolute Gasteiger partial charge is 0.329 e. The van der Waals surface area contributed by atoms with E-state index in [1.807, 2.05) is 12.1 Å². The van der Waals surface area contributed by atoms with E-state index in [4.69, 9.17) is 10.00 Å². The minimum absolute atomic E-state index is 0.161. The number of hydrogen-bond acceptors (Lipinski definition) is 10. The van der Waals surface area contributed by atoms with Crippen molar-refractivity contribution in [1.82, 2.24) is 39.5 Å². The number of halogens is 1. The van der Waals surface area contributed by atoms with Gasteiger partial charge in [0.1, 0.15) is 18.3 Å². The second-order valence-electron chi connectivity index (χ2n) is 12.8. The predicted molar refractivity (Wildman–Crippen MR) is 183 cm³/mol. The van der Waals surface area contributed by atoms with Gasteiger partial charge in [-0.3, -0.25) is 28.8 Å². The van der Waals surface area contributed by atoms with Crippen LogP contribution in [0.1, 0.15) is 59.6 Å². The van der Waals surface area contributed by atoms with E-state index in [2.05, 4.69) is 37.1 Å². The molecule has 16 heteroatoms. The molecule has 5 heterocycles. The van der Waals surface area contributed by atoms with Crippen molar-refractivity contribution in [2.24, 2.45) is 7.05 Å². The van der Waals surface area contributed by atoms with E-state index in [1.54, 1.807) is 31.4 Å².